The van der Waals surface area contributed by atoms with Crippen LogP contribution < -0.4 is 0 Å². The third-order valence-corrected chi connectivity index (χ3v) is 4.27. The average molecular weight is 315 g/mol. The van der Waals surface area contributed by atoms with Crippen molar-refractivity contribution in [2.24, 2.45) is 5.92 Å². The summed E-state index contributed by atoms with van der Waals surface area (Å²) in [6, 6.07) is 7.91. The zero-order valence-corrected chi connectivity index (χ0v) is 11.9. The minimum Gasteiger partial charge on any atom is -0.481 e. The molecule has 0 aliphatic rings. The average Bonchev–Trinajstić information content (AvgIpc) is 2.42. The van der Waals surface area contributed by atoms with Crippen LogP contribution in [-0.4, -0.2) is 37.8 Å². The van der Waals surface area contributed by atoms with Crippen LogP contribution in [0.3, 0.4) is 0 Å². The molecule has 0 saturated carbocycles. The first-order chi connectivity index (χ1) is 9.84. The summed E-state index contributed by atoms with van der Waals surface area (Å²) in [5, 5.41) is 28.0. The van der Waals surface area contributed by atoms with Crippen LogP contribution in [0.2, 0.25) is 0 Å². The highest BCUT2D eigenvalue weighted by molar-refractivity contribution is 7.39. The molecule has 0 heterocycles. The van der Waals surface area contributed by atoms with Gasteiger partial charge in [0.2, 0.25) is 5.66 Å². The van der Waals surface area contributed by atoms with Gasteiger partial charge in [0.05, 0.1) is 0 Å². The van der Waals surface area contributed by atoms with E-state index in [0.717, 1.165) is 0 Å². The summed E-state index contributed by atoms with van der Waals surface area (Å²) >= 11 is 0. The number of benzene rings is 1. The highest BCUT2D eigenvalue weighted by atomic mass is 31.1. The van der Waals surface area contributed by atoms with Crippen LogP contribution in [0.25, 0.3) is 0 Å². The number of aliphatic hydroxyl groups is 1. The predicted molar refractivity (Wildman–Crippen MR) is 73.0 cm³/mol. The number of aliphatic hydroxyl groups excluding tert-OH is 1. The van der Waals surface area contributed by atoms with Crippen LogP contribution in [0.4, 0.5) is 0 Å². The molecule has 0 aromatic heterocycles. The summed E-state index contributed by atoms with van der Waals surface area (Å²) in [6.45, 7) is 0. The number of aliphatic carboxylic acids is 2. The Kier molecular flexibility index (Phi) is 6.42. The Morgan fingerprint density at radius 3 is 2.14 bits per heavy atom. The van der Waals surface area contributed by atoms with E-state index in [1.807, 2.05) is 0 Å². The van der Waals surface area contributed by atoms with E-state index in [1.165, 1.54) is 12.1 Å². The summed E-state index contributed by atoms with van der Waals surface area (Å²) in [5.74, 6) is -4.04. The molecule has 0 radical (unpaired) electrons. The second-order valence-corrected chi connectivity index (χ2v) is 5.73. The molecule has 0 bridgehead atoms. The fourth-order valence-corrected chi connectivity index (χ4v) is 3.06. The fraction of sp³-hybridized carbons (Fsp3) is 0.385. The summed E-state index contributed by atoms with van der Waals surface area (Å²) < 4.78 is 11.5. The van der Waals surface area contributed by atoms with Crippen molar-refractivity contribution in [1.82, 2.24) is 0 Å². The predicted octanol–water partition coefficient (Wildman–Crippen LogP) is 1.39. The summed E-state index contributed by atoms with van der Waals surface area (Å²) in [5.41, 5.74) is -1.17. The van der Waals surface area contributed by atoms with E-state index in [1.54, 1.807) is 18.2 Å². The Morgan fingerprint density at radius 2 is 1.71 bits per heavy atom. The van der Waals surface area contributed by atoms with Gasteiger partial charge < -0.3 is 15.3 Å². The van der Waals surface area contributed by atoms with E-state index in [0.29, 0.717) is 5.56 Å². The topological polar surface area (TPSA) is 132 Å². The van der Waals surface area contributed by atoms with Crippen LogP contribution in [0.1, 0.15) is 24.5 Å². The third kappa shape index (κ3) is 4.90. The molecule has 7 nitrogen and oxygen atoms in total. The molecule has 0 aliphatic heterocycles. The summed E-state index contributed by atoms with van der Waals surface area (Å²) in [6.07, 6.45) is -2.26. The van der Waals surface area contributed by atoms with Crippen molar-refractivity contribution in [3.8, 4) is 0 Å². The van der Waals surface area contributed by atoms with Crippen LogP contribution in [0.15, 0.2) is 30.3 Å². The van der Waals surface area contributed by atoms with Gasteiger partial charge in [-0.3, -0.25) is 9.59 Å². The largest absolute Gasteiger partial charge is 0.512 e. The van der Waals surface area contributed by atoms with E-state index >= 15 is 0 Å². The lowest BCUT2D eigenvalue weighted by atomic mass is 9.92. The highest BCUT2D eigenvalue weighted by Crippen LogP contribution is 2.40. The maximum Gasteiger partial charge on any atom is 0.512 e. The maximum atomic E-state index is 11.5. The van der Waals surface area contributed by atoms with Crippen LogP contribution in [0, 0.1) is 5.92 Å². The van der Waals surface area contributed by atoms with Crippen molar-refractivity contribution in [2.75, 3.05) is 0 Å². The molecule has 4 unspecified atom stereocenters. The second-order valence-electron chi connectivity index (χ2n) is 4.53. The van der Waals surface area contributed by atoms with Gasteiger partial charge in [0, 0.05) is 6.42 Å². The van der Waals surface area contributed by atoms with Gasteiger partial charge in [-0.05, 0) is 16.5 Å². The highest BCUT2D eigenvalue weighted by Gasteiger charge is 2.47. The first kappa shape index (κ1) is 17.2. The Morgan fingerprint density at radius 1 is 1.14 bits per heavy atom. The fourth-order valence-electron chi connectivity index (χ4n) is 2.06. The van der Waals surface area contributed by atoms with Crippen molar-refractivity contribution in [1.29, 1.82) is 0 Å². The van der Waals surface area contributed by atoms with E-state index in [9.17, 15) is 24.2 Å². The lowest BCUT2D eigenvalue weighted by Crippen LogP contribution is -2.31. The zero-order valence-electron chi connectivity index (χ0n) is 11.0. The monoisotopic (exact) mass is 315 g/mol. The van der Waals surface area contributed by atoms with E-state index < -0.39 is 44.1 Å². The number of rotatable bonds is 8. The molecule has 0 amide bonds. The van der Waals surface area contributed by atoms with Crippen molar-refractivity contribution in [2.45, 2.75) is 24.6 Å². The quantitative estimate of drug-likeness (QED) is 0.533. The Bertz CT molecular complexity index is 517. The number of carbonyl (C=O) groups is 2. The van der Waals surface area contributed by atoms with Crippen LogP contribution in [-0.2, 0) is 14.2 Å². The molecule has 1 rings (SSSR count). The molecule has 0 spiro atoms. The maximum absolute atomic E-state index is 11.5. The van der Waals surface area contributed by atoms with Crippen LogP contribution in [0.5, 0.6) is 0 Å². The van der Waals surface area contributed by atoms with Gasteiger partial charge in [-0.1, -0.05) is 30.3 Å². The van der Waals surface area contributed by atoms with Crippen molar-refractivity contribution in [3.63, 3.8) is 0 Å². The Balaban J connectivity index is 3.04. The molecule has 21 heavy (non-hydrogen) atoms. The standard InChI is InChI=1S/C13H15O7P/c14-10(15)7-6-9(13(17)18)12(21(19)20)11(16)8-4-2-1-3-5-8/h1-5,9,11-12,16H,6-7H2,(H2-,14,15,17,18,19,20)/p+1. The lowest BCUT2D eigenvalue weighted by molar-refractivity contribution is -0.144. The Labute approximate surface area is 121 Å². The van der Waals surface area contributed by atoms with Gasteiger partial charge in [0.15, 0.2) is 0 Å². The summed E-state index contributed by atoms with van der Waals surface area (Å²) in [7, 11) is -3.00. The molecule has 1 aromatic rings. The molecular weight excluding hydrogens is 299 g/mol. The molecule has 0 saturated heterocycles. The minimum atomic E-state index is -3.00. The molecule has 114 valence electrons. The van der Waals surface area contributed by atoms with E-state index in [2.05, 4.69) is 0 Å². The molecule has 0 fully saturated rings. The third-order valence-electron chi connectivity index (χ3n) is 3.12. The normalized spacial score (nSPS) is 15.8. The molecule has 0 aliphatic carbocycles. The molecular formula is C13H16O7P+. The SMILES string of the molecule is O=C(O)CCC(C(=O)O)C(C(O)c1ccccc1)[P+](=O)O. The van der Waals surface area contributed by atoms with Gasteiger partial charge in [-0.15, -0.1) is 0 Å². The van der Waals surface area contributed by atoms with E-state index in [-0.39, 0.29) is 6.42 Å². The minimum absolute atomic E-state index is 0.307. The van der Waals surface area contributed by atoms with Gasteiger partial charge >= 0.3 is 20.0 Å². The second kappa shape index (κ2) is 7.83. The first-order valence-electron chi connectivity index (χ1n) is 6.17. The van der Waals surface area contributed by atoms with Gasteiger partial charge in [0.25, 0.3) is 0 Å². The van der Waals surface area contributed by atoms with Crippen molar-refractivity contribution >= 4 is 20.0 Å². The zero-order chi connectivity index (χ0) is 16.0. The number of hydrogen-bond donors (Lipinski definition) is 4. The van der Waals surface area contributed by atoms with Gasteiger partial charge in [-0.25, -0.2) is 0 Å². The molecule has 4 atom stereocenters. The number of hydrogen-bond acceptors (Lipinski definition) is 4. The molecule has 4 N–H and O–H groups in total. The number of carboxylic acid groups (broad SMARTS) is 2. The van der Waals surface area contributed by atoms with Crippen molar-refractivity contribution in [3.05, 3.63) is 35.9 Å². The smallest absolute Gasteiger partial charge is 0.481 e. The van der Waals surface area contributed by atoms with Crippen molar-refractivity contribution < 1.29 is 34.4 Å². The lowest BCUT2D eigenvalue weighted by Gasteiger charge is -2.19. The van der Waals surface area contributed by atoms with E-state index in [4.69, 9.17) is 10.2 Å². The molecule has 8 heteroatoms. The number of carboxylic acids is 2. The summed E-state index contributed by atoms with van der Waals surface area (Å²) in [4.78, 5) is 31.2. The van der Waals surface area contributed by atoms with Crippen LogP contribution >= 0.6 is 8.03 Å². The Hall–Kier alpha value is -1.82. The molecule has 1 aromatic carbocycles. The van der Waals surface area contributed by atoms with Gasteiger partial charge in [0.1, 0.15) is 12.0 Å². The van der Waals surface area contributed by atoms with Gasteiger partial charge in [-0.2, -0.15) is 4.89 Å². The first-order valence-corrected chi connectivity index (χ1v) is 7.45.